The van der Waals surface area contributed by atoms with E-state index in [2.05, 4.69) is 0 Å². The average molecular weight is 574 g/mol. The van der Waals surface area contributed by atoms with E-state index in [1.807, 2.05) is 0 Å². The van der Waals surface area contributed by atoms with Gasteiger partial charge in [0.15, 0.2) is 0 Å². The highest BCUT2D eigenvalue weighted by Gasteiger charge is 3.22. The van der Waals surface area contributed by atoms with Crippen LogP contribution in [0.4, 0.5) is 96.6 Å². The molecule has 0 spiro atoms. The summed E-state index contributed by atoms with van der Waals surface area (Å²) in [4.78, 5) is 0. The van der Waals surface area contributed by atoms with Crippen LogP contribution in [0.2, 0.25) is 0 Å². The van der Waals surface area contributed by atoms with Crippen LogP contribution in [0.3, 0.4) is 0 Å². The number of hydrogen-bond acceptors (Lipinski definition) is 0. The first kappa shape index (κ1) is 28.0. The Morgan fingerprint density at radius 3 is 0.457 bits per heavy atom. The Morgan fingerprint density at radius 2 is 0.286 bits per heavy atom. The highest BCUT2D eigenvalue weighted by molar-refractivity contribution is 5.54. The topological polar surface area (TPSA) is 0 Å². The second kappa shape index (κ2) is 5.50. The summed E-state index contributed by atoms with van der Waals surface area (Å²) in [5.41, 5.74) is -36.6. The molecular weight excluding hydrogens is 574 g/mol. The van der Waals surface area contributed by atoms with Gasteiger partial charge >= 0.3 is 53.3 Å². The Kier molecular flexibility index (Phi) is 4.40. The second-order valence-electron chi connectivity index (χ2n) is 7.80. The fourth-order valence-electron chi connectivity index (χ4n) is 4.49. The van der Waals surface area contributed by atoms with Gasteiger partial charge in [-0.25, -0.2) is 17.6 Å². The Morgan fingerprint density at radius 1 is 0.143 bits per heavy atom. The number of hydrogen-bond donors (Lipinski definition) is 0. The predicted molar refractivity (Wildman–Crippen MR) is 59.9 cm³/mol. The average Bonchev–Trinajstić information content (AvgIpc) is 2.75. The van der Waals surface area contributed by atoms with E-state index in [0.29, 0.717) is 0 Å². The standard InChI is InChI=1S/C13F22/c14-1-2(15)4(17,9(26,27)13(34,35)11(30,31)7(2,22)23)5(18,19)3(1,16)8(24,25)12(32,33)10(28,29)6(1,20)21/t1-,2-,3-,4+/m1/s1. The molecule has 3 aliphatic carbocycles. The Labute approximate surface area is 174 Å². The van der Waals surface area contributed by atoms with Crippen molar-refractivity contribution in [3.8, 4) is 0 Å². The van der Waals surface area contributed by atoms with Gasteiger partial charge in [-0.2, -0.15) is 79.0 Å². The van der Waals surface area contributed by atoms with E-state index in [9.17, 15) is 87.8 Å². The smallest absolute Gasteiger partial charge is 0.229 e. The van der Waals surface area contributed by atoms with E-state index in [1.54, 1.807) is 0 Å². The Bertz CT molecular complexity index is 902. The molecule has 0 saturated heterocycles. The highest BCUT2D eigenvalue weighted by atomic mass is 19.4. The van der Waals surface area contributed by atoms with Gasteiger partial charge in [-0.1, -0.05) is 0 Å². The van der Waals surface area contributed by atoms with Crippen LogP contribution in [-0.4, -0.2) is 76.0 Å². The quantitative estimate of drug-likeness (QED) is 0.287. The van der Waals surface area contributed by atoms with E-state index in [4.69, 9.17) is 0 Å². The summed E-state index contributed by atoms with van der Waals surface area (Å²) in [6.07, 6.45) is 0. The fourth-order valence-corrected chi connectivity index (χ4v) is 4.49. The molecule has 0 aliphatic heterocycles. The largest absolute Gasteiger partial charge is 0.382 e. The molecule has 0 nitrogen and oxygen atoms in total. The lowest BCUT2D eigenvalue weighted by Crippen LogP contribution is -2.92. The first-order valence-electron chi connectivity index (χ1n) is 7.91. The van der Waals surface area contributed by atoms with Crippen LogP contribution in [-0.2, 0) is 0 Å². The van der Waals surface area contributed by atoms with E-state index < -0.39 is 76.0 Å². The van der Waals surface area contributed by atoms with Crippen molar-refractivity contribution in [2.75, 3.05) is 0 Å². The van der Waals surface area contributed by atoms with Gasteiger partial charge in [0, 0.05) is 0 Å². The van der Waals surface area contributed by atoms with Crippen molar-refractivity contribution >= 4 is 0 Å². The molecule has 0 bridgehead atoms. The van der Waals surface area contributed by atoms with Gasteiger partial charge < -0.3 is 0 Å². The maximum Gasteiger partial charge on any atom is 0.382 e. The summed E-state index contributed by atoms with van der Waals surface area (Å²) in [5, 5.41) is 0. The molecule has 0 unspecified atom stereocenters. The predicted octanol–water partition coefficient (Wildman–Crippen LogP) is 6.58. The maximum atomic E-state index is 15.0. The molecule has 3 aliphatic rings. The number of alkyl halides is 22. The molecule has 4 atom stereocenters. The van der Waals surface area contributed by atoms with Crippen LogP contribution in [0.25, 0.3) is 0 Å². The van der Waals surface area contributed by atoms with Gasteiger partial charge in [0.25, 0.3) is 22.7 Å². The van der Waals surface area contributed by atoms with Crippen molar-refractivity contribution in [1.29, 1.82) is 0 Å². The zero-order chi connectivity index (χ0) is 28.5. The molecule has 0 aromatic rings. The van der Waals surface area contributed by atoms with E-state index in [0.717, 1.165) is 0 Å². The van der Waals surface area contributed by atoms with Crippen LogP contribution in [0.15, 0.2) is 0 Å². The van der Waals surface area contributed by atoms with Gasteiger partial charge in [0.05, 0.1) is 0 Å². The summed E-state index contributed by atoms with van der Waals surface area (Å²) in [6.45, 7) is 0. The van der Waals surface area contributed by atoms with E-state index in [1.165, 1.54) is 0 Å². The molecule has 206 valence electrons. The third-order valence-corrected chi connectivity index (χ3v) is 6.39. The summed E-state index contributed by atoms with van der Waals surface area (Å²) in [7, 11) is 0. The van der Waals surface area contributed by atoms with Crippen LogP contribution >= 0.6 is 0 Å². The molecule has 0 heterocycles. The molecule has 22 heteroatoms. The molecule has 3 rings (SSSR count). The molecule has 3 saturated carbocycles. The number of rotatable bonds is 0. The van der Waals surface area contributed by atoms with Crippen LogP contribution in [0, 0.1) is 0 Å². The lowest BCUT2D eigenvalue weighted by atomic mass is 9.58. The molecule has 0 N–H and O–H groups in total. The van der Waals surface area contributed by atoms with Crippen LogP contribution < -0.4 is 0 Å². The van der Waals surface area contributed by atoms with Crippen molar-refractivity contribution in [2.24, 2.45) is 0 Å². The summed E-state index contributed by atoms with van der Waals surface area (Å²) in [6, 6.07) is 0. The highest BCUT2D eigenvalue weighted by Crippen LogP contribution is 2.88. The lowest BCUT2D eigenvalue weighted by molar-refractivity contribution is -0.502. The SMILES string of the molecule is FC1(F)C(F)(F)C(F)(F)[C@]2(F)[C@@](F)(C1(F)F)C(F)(F)[C@@]1(F)C(F)(F)C(F)(F)C(F)(F)C(F)(F)[C@]12F. The summed E-state index contributed by atoms with van der Waals surface area (Å²) in [5.74, 6) is -79.1. The van der Waals surface area contributed by atoms with Crippen LogP contribution in [0.1, 0.15) is 0 Å². The Balaban J connectivity index is 2.79. The van der Waals surface area contributed by atoms with Crippen molar-refractivity contribution in [3.63, 3.8) is 0 Å². The molecular formula is C13F22. The molecule has 0 aromatic carbocycles. The van der Waals surface area contributed by atoms with Gasteiger partial charge in [-0.15, -0.1) is 0 Å². The van der Waals surface area contributed by atoms with Gasteiger partial charge in [-0.05, 0) is 0 Å². The minimum atomic E-state index is -9.23. The van der Waals surface area contributed by atoms with Gasteiger partial charge in [-0.3, -0.25) is 0 Å². The third kappa shape index (κ3) is 1.69. The first-order chi connectivity index (χ1) is 14.8. The number of halogens is 22. The second-order valence-corrected chi connectivity index (χ2v) is 7.80. The van der Waals surface area contributed by atoms with Crippen molar-refractivity contribution in [1.82, 2.24) is 0 Å². The zero-order valence-corrected chi connectivity index (χ0v) is 14.8. The molecule has 35 heavy (non-hydrogen) atoms. The van der Waals surface area contributed by atoms with E-state index >= 15 is 8.78 Å². The van der Waals surface area contributed by atoms with Crippen molar-refractivity contribution in [2.45, 2.75) is 76.0 Å². The summed E-state index contributed by atoms with van der Waals surface area (Å²) >= 11 is 0. The van der Waals surface area contributed by atoms with E-state index in [-0.39, 0.29) is 0 Å². The summed E-state index contributed by atoms with van der Waals surface area (Å²) < 4.78 is 308. The minimum Gasteiger partial charge on any atom is -0.229 e. The third-order valence-electron chi connectivity index (χ3n) is 6.39. The fraction of sp³-hybridized carbons (Fsp3) is 1.00. The molecule has 0 amide bonds. The Hall–Kier alpha value is -1.54. The van der Waals surface area contributed by atoms with Crippen molar-refractivity contribution < 1.29 is 96.6 Å². The minimum absolute atomic E-state index is 8.55. The van der Waals surface area contributed by atoms with Gasteiger partial charge in [0.2, 0.25) is 0 Å². The van der Waals surface area contributed by atoms with Crippen molar-refractivity contribution in [3.05, 3.63) is 0 Å². The normalized spacial score (nSPS) is 48.5. The molecule has 0 aromatic heterocycles. The van der Waals surface area contributed by atoms with Gasteiger partial charge in [0.1, 0.15) is 0 Å². The molecule has 3 fully saturated rings. The van der Waals surface area contributed by atoms with Crippen LogP contribution in [0.5, 0.6) is 0 Å². The first-order valence-corrected chi connectivity index (χ1v) is 7.91. The molecule has 0 radical (unpaired) electrons. The number of fused-ring (bicyclic) bond motifs is 3. The maximum absolute atomic E-state index is 15.0. The monoisotopic (exact) mass is 574 g/mol. The zero-order valence-electron chi connectivity index (χ0n) is 14.8. The lowest BCUT2D eigenvalue weighted by Gasteiger charge is -2.58.